The molecular formula is C12H16ClNO. The summed E-state index contributed by atoms with van der Waals surface area (Å²) in [5.74, 6) is 0. The normalized spacial score (nSPS) is 24.4. The number of halogens is 1. The van der Waals surface area contributed by atoms with E-state index in [2.05, 4.69) is 19.2 Å². The third kappa shape index (κ3) is 2.03. The van der Waals surface area contributed by atoms with Gasteiger partial charge >= 0.3 is 0 Å². The van der Waals surface area contributed by atoms with Crippen molar-refractivity contribution in [1.29, 1.82) is 0 Å². The fourth-order valence-electron chi connectivity index (χ4n) is 2.13. The molecule has 0 saturated carbocycles. The van der Waals surface area contributed by atoms with Crippen LogP contribution in [0.1, 0.15) is 31.1 Å². The van der Waals surface area contributed by atoms with Crippen LogP contribution in [-0.2, 0) is 5.41 Å². The van der Waals surface area contributed by atoms with E-state index in [1.54, 1.807) is 0 Å². The molecule has 82 valence electrons. The topological polar surface area (TPSA) is 32.3 Å². The maximum atomic E-state index is 9.96. The molecule has 0 bridgehead atoms. The number of hydrogen-bond acceptors (Lipinski definition) is 2. The molecule has 0 aromatic heterocycles. The van der Waals surface area contributed by atoms with Crippen LogP contribution in [0.5, 0.6) is 0 Å². The zero-order valence-corrected chi connectivity index (χ0v) is 9.80. The molecule has 0 radical (unpaired) electrons. The van der Waals surface area contributed by atoms with Gasteiger partial charge in [-0.15, -0.1) is 0 Å². The van der Waals surface area contributed by atoms with Gasteiger partial charge in [0.15, 0.2) is 0 Å². The SMILES string of the molecule is CC1(C)CNCC(O)c2ccc(Cl)cc21. The molecule has 1 aromatic carbocycles. The Morgan fingerprint density at radius 1 is 1.47 bits per heavy atom. The predicted octanol–water partition coefficient (Wildman–Crippen LogP) is 2.25. The van der Waals surface area contributed by atoms with Crippen LogP contribution in [0, 0.1) is 0 Å². The maximum absolute atomic E-state index is 9.96. The molecule has 3 heteroatoms. The van der Waals surface area contributed by atoms with Gasteiger partial charge in [-0.05, 0) is 23.3 Å². The van der Waals surface area contributed by atoms with Crippen molar-refractivity contribution in [3.05, 3.63) is 34.3 Å². The molecule has 1 aliphatic heterocycles. The predicted molar refractivity (Wildman–Crippen MR) is 62.3 cm³/mol. The molecule has 2 nitrogen and oxygen atoms in total. The molecule has 2 rings (SSSR count). The summed E-state index contributed by atoms with van der Waals surface area (Å²) in [6, 6.07) is 5.73. The summed E-state index contributed by atoms with van der Waals surface area (Å²) < 4.78 is 0. The van der Waals surface area contributed by atoms with Crippen molar-refractivity contribution in [1.82, 2.24) is 5.32 Å². The van der Waals surface area contributed by atoms with Gasteiger partial charge in [0, 0.05) is 23.5 Å². The third-order valence-corrected chi connectivity index (χ3v) is 3.24. The van der Waals surface area contributed by atoms with Gasteiger partial charge in [-0.25, -0.2) is 0 Å². The van der Waals surface area contributed by atoms with Crippen molar-refractivity contribution >= 4 is 11.6 Å². The first kappa shape index (κ1) is 10.9. The van der Waals surface area contributed by atoms with E-state index in [4.69, 9.17) is 11.6 Å². The number of hydrogen-bond donors (Lipinski definition) is 2. The Kier molecular flexibility index (Phi) is 2.75. The minimum atomic E-state index is -0.431. The van der Waals surface area contributed by atoms with Crippen molar-refractivity contribution in [2.75, 3.05) is 13.1 Å². The van der Waals surface area contributed by atoms with Gasteiger partial charge in [-0.3, -0.25) is 0 Å². The minimum absolute atomic E-state index is 0.0116. The van der Waals surface area contributed by atoms with E-state index in [1.807, 2.05) is 18.2 Å². The summed E-state index contributed by atoms with van der Waals surface area (Å²) in [6.45, 7) is 5.79. The van der Waals surface area contributed by atoms with Crippen molar-refractivity contribution < 1.29 is 5.11 Å². The highest BCUT2D eigenvalue weighted by Crippen LogP contribution is 2.33. The Hall–Kier alpha value is -0.570. The average Bonchev–Trinajstić information content (AvgIpc) is 2.26. The fraction of sp³-hybridized carbons (Fsp3) is 0.500. The van der Waals surface area contributed by atoms with Crippen LogP contribution < -0.4 is 5.32 Å². The van der Waals surface area contributed by atoms with Crippen LogP contribution in [0.3, 0.4) is 0 Å². The summed E-state index contributed by atoms with van der Waals surface area (Å²) in [5.41, 5.74) is 2.15. The van der Waals surface area contributed by atoms with Crippen LogP contribution >= 0.6 is 11.6 Å². The molecule has 0 saturated heterocycles. The van der Waals surface area contributed by atoms with Crippen molar-refractivity contribution in [3.63, 3.8) is 0 Å². The van der Waals surface area contributed by atoms with Gasteiger partial charge in [-0.2, -0.15) is 0 Å². The minimum Gasteiger partial charge on any atom is -0.387 e. The number of rotatable bonds is 0. The average molecular weight is 226 g/mol. The van der Waals surface area contributed by atoms with Gasteiger partial charge in [0.2, 0.25) is 0 Å². The second-order valence-electron chi connectivity index (χ2n) is 4.76. The molecule has 2 N–H and O–H groups in total. The molecule has 1 unspecified atom stereocenters. The number of aliphatic hydroxyl groups is 1. The summed E-state index contributed by atoms with van der Waals surface area (Å²) in [6.07, 6.45) is -0.431. The van der Waals surface area contributed by atoms with E-state index in [9.17, 15) is 5.11 Å². The molecule has 0 spiro atoms. The summed E-state index contributed by atoms with van der Waals surface area (Å²) in [5, 5.41) is 14.0. The highest BCUT2D eigenvalue weighted by Gasteiger charge is 2.29. The molecular weight excluding hydrogens is 210 g/mol. The van der Waals surface area contributed by atoms with E-state index in [1.165, 1.54) is 0 Å². The van der Waals surface area contributed by atoms with Gasteiger partial charge in [0.1, 0.15) is 0 Å². The Morgan fingerprint density at radius 3 is 2.93 bits per heavy atom. The van der Waals surface area contributed by atoms with E-state index < -0.39 is 6.10 Å². The van der Waals surface area contributed by atoms with Crippen LogP contribution in [0.25, 0.3) is 0 Å². The summed E-state index contributed by atoms with van der Waals surface area (Å²) in [7, 11) is 0. The zero-order valence-electron chi connectivity index (χ0n) is 9.05. The lowest BCUT2D eigenvalue weighted by Crippen LogP contribution is -2.31. The lowest BCUT2D eigenvalue weighted by atomic mass is 9.81. The van der Waals surface area contributed by atoms with E-state index >= 15 is 0 Å². The molecule has 0 amide bonds. The fourth-order valence-corrected chi connectivity index (χ4v) is 2.30. The second kappa shape index (κ2) is 3.78. The molecule has 15 heavy (non-hydrogen) atoms. The van der Waals surface area contributed by atoms with Gasteiger partial charge in [-0.1, -0.05) is 31.5 Å². The van der Waals surface area contributed by atoms with Crippen molar-refractivity contribution in [2.24, 2.45) is 0 Å². The van der Waals surface area contributed by atoms with Crippen LogP contribution in [0.2, 0.25) is 5.02 Å². The van der Waals surface area contributed by atoms with E-state index in [0.717, 1.165) is 22.7 Å². The van der Waals surface area contributed by atoms with Crippen LogP contribution in [0.4, 0.5) is 0 Å². The summed E-state index contributed by atoms with van der Waals surface area (Å²) in [4.78, 5) is 0. The smallest absolute Gasteiger partial charge is 0.0917 e. The molecule has 1 aromatic rings. The van der Waals surface area contributed by atoms with Crippen molar-refractivity contribution in [3.8, 4) is 0 Å². The number of β-amino-alcohol motifs (C(OH)–C–C–N with tert-alkyl or cyclic N) is 1. The quantitative estimate of drug-likeness (QED) is 0.710. The lowest BCUT2D eigenvalue weighted by Gasteiger charge is -2.25. The largest absolute Gasteiger partial charge is 0.387 e. The van der Waals surface area contributed by atoms with E-state index in [-0.39, 0.29) is 5.41 Å². The molecule has 0 fully saturated rings. The first-order chi connectivity index (χ1) is 7.00. The standard InChI is InChI=1S/C12H16ClNO/c1-12(2)7-14-6-11(15)9-4-3-8(13)5-10(9)12/h3-5,11,14-15H,6-7H2,1-2H3. The lowest BCUT2D eigenvalue weighted by molar-refractivity contribution is 0.178. The molecule has 1 aliphatic rings. The molecule has 1 heterocycles. The Morgan fingerprint density at radius 2 is 2.20 bits per heavy atom. The monoisotopic (exact) mass is 225 g/mol. The first-order valence-corrected chi connectivity index (χ1v) is 5.57. The van der Waals surface area contributed by atoms with Gasteiger partial charge < -0.3 is 10.4 Å². The number of fused-ring (bicyclic) bond motifs is 1. The van der Waals surface area contributed by atoms with Crippen LogP contribution in [0.15, 0.2) is 18.2 Å². The maximum Gasteiger partial charge on any atom is 0.0917 e. The number of aliphatic hydroxyl groups excluding tert-OH is 1. The molecule has 0 aliphatic carbocycles. The Bertz CT molecular complexity index is 376. The molecule has 1 atom stereocenters. The summed E-state index contributed by atoms with van der Waals surface area (Å²) >= 11 is 6.00. The number of benzene rings is 1. The van der Waals surface area contributed by atoms with E-state index in [0.29, 0.717) is 6.54 Å². The van der Waals surface area contributed by atoms with Gasteiger partial charge in [0.05, 0.1) is 6.10 Å². The second-order valence-corrected chi connectivity index (χ2v) is 5.20. The number of nitrogens with one attached hydrogen (secondary N) is 1. The van der Waals surface area contributed by atoms with Gasteiger partial charge in [0.25, 0.3) is 0 Å². The Balaban J connectivity index is 2.57. The zero-order chi connectivity index (χ0) is 11.1. The first-order valence-electron chi connectivity index (χ1n) is 5.19. The van der Waals surface area contributed by atoms with Crippen LogP contribution in [-0.4, -0.2) is 18.2 Å². The highest BCUT2D eigenvalue weighted by atomic mass is 35.5. The Labute approximate surface area is 95.3 Å². The third-order valence-electron chi connectivity index (χ3n) is 3.01. The highest BCUT2D eigenvalue weighted by molar-refractivity contribution is 6.30. The van der Waals surface area contributed by atoms with Crippen molar-refractivity contribution in [2.45, 2.75) is 25.4 Å².